The standard InChI is InChI=1S/C18H14N4O2/c1-10-6-7-11-4-2-3-5-12(11)15(10)13-8-20-17-14(18(23)24)9-21-22(17)16(13)19/h2-9H,19H2,1H3,(H,23,24). The van der Waals surface area contributed by atoms with Crippen molar-refractivity contribution in [1.82, 2.24) is 14.6 Å². The average Bonchev–Trinajstić information content (AvgIpc) is 3.01. The Hall–Kier alpha value is -3.41. The maximum atomic E-state index is 11.2. The maximum Gasteiger partial charge on any atom is 0.341 e. The Morgan fingerprint density at radius 2 is 1.96 bits per heavy atom. The van der Waals surface area contributed by atoms with Gasteiger partial charge in [0, 0.05) is 11.8 Å². The van der Waals surface area contributed by atoms with Gasteiger partial charge in [-0.3, -0.25) is 0 Å². The third-order valence-corrected chi connectivity index (χ3v) is 4.20. The molecule has 0 aliphatic carbocycles. The Bertz CT molecular complexity index is 1110. The number of aromatic carboxylic acids is 1. The van der Waals surface area contributed by atoms with Crippen LogP contribution in [0.25, 0.3) is 27.5 Å². The van der Waals surface area contributed by atoms with Crippen LogP contribution in [0.2, 0.25) is 0 Å². The number of carboxylic acids is 1. The second-order valence-corrected chi connectivity index (χ2v) is 5.63. The first-order valence-electron chi connectivity index (χ1n) is 7.42. The molecular weight excluding hydrogens is 304 g/mol. The highest BCUT2D eigenvalue weighted by Gasteiger charge is 2.18. The molecular formula is C18H14N4O2. The van der Waals surface area contributed by atoms with Crippen molar-refractivity contribution < 1.29 is 9.90 Å². The third kappa shape index (κ3) is 1.93. The highest BCUT2D eigenvalue weighted by molar-refractivity contribution is 6.01. The lowest BCUT2D eigenvalue weighted by atomic mass is 9.95. The monoisotopic (exact) mass is 318 g/mol. The highest BCUT2D eigenvalue weighted by atomic mass is 16.4. The Labute approximate surface area is 137 Å². The smallest absolute Gasteiger partial charge is 0.341 e. The molecule has 24 heavy (non-hydrogen) atoms. The van der Waals surface area contributed by atoms with Crippen molar-refractivity contribution in [2.45, 2.75) is 6.92 Å². The minimum Gasteiger partial charge on any atom is -0.477 e. The lowest BCUT2D eigenvalue weighted by Gasteiger charge is -2.13. The summed E-state index contributed by atoms with van der Waals surface area (Å²) in [6.45, 7) is 2.01. The van der Waals surface area contributed by atoms with Crippen LogP contribution in [0.3, 0.4) is 0 Å². The average molecular weight is 318 g/mol. The van der Waals surface area contributed by atoms with Crippen molar-refractivity contribution in [2.24, 2.45) is 0 Å². The summed E-state index contributed by atoms with van der Waals surface area (Å²) in [5.74, 6) is -0.710. The Balaban J connectivity index is 2.06. The SMILES string of the molecule is Cc1ccc2ccccc2c1-c1cnc2c(C(=O)O)cnn2c1N. The zero-order valence-electron chi connectivity index (χ0n) is 12.9. The topological polar surface area (TPSA) is 93.5 Å². The predicted molar refractivity (Wildman–Crippen MR) is 92.0 cm³/mol. The van der Waals surface area contributed by atoms with E-state index in [1.54, 1.807) is 6.20 Å². The zero-order valence-corrected chi connectivity index (χ0v) is 12.9. The van der Waals surface area contributed by atoms with Crippen LogP contribution < -0.4 is 5.73 Å². The van der Waals surface area contributed by atoms with Gasteiger partial charge in [0.1, 0.15) is 11.4 Å². The molecule has 0 saturated heterocycles. The summed E-state index contributed by atoms with van der Waals surface area (Å²) in [6, 6.07) is 12.1. The number of nitrogens with zero attached hydrogens (tertiary/aromatic N) is 3. The first kappa shape index (κ1) is 14.2. The summed E-state index contributed by atoms with van der Waals surface area (Å²) < 4.78 is 1.38. The minimum absolute atomic E-state index is 0.0305. The Morgan fingerprint density at radius 3 is 2.75 bits per heavy atom. The summed E-state index contributed by atoms with van der Waals surface area (Å²) in [6.07, 6.45) is 2.88. The molecule has 6 nitrogen and oxygen atoms in total. The van der Waals surface area contributed by atoms with Crippen LogP contribution in [0.1, 0.15) is 15.9 Å². The van der Waals surface area contributed by atoms with Crippen molar-refractivity contribution in [3.05, 3.63) is 59.9 Å². The number of aromatic nitrogens is 3. The van der Waals surface area contributed by atoms with E-state index in [0.29, 0.717) is 5.82 Å². The fraction of sp³-hybridized carbons (Fsp3) is 0.0556. The number of benzene rings is 2. The number of fused-ring (bicyclic) bond motifs is 2. The van der Waals surface area contributed by atoms with Gasteiger partial charge in [-0.15, -0.1) is 0 Å². The second-order valence-electron chi connectivity index (χ2n) is 5.63. The number of carboxylic acid groups (broad SMARTS) is 1. The molecule has 0 saturated carbocycles. The molecule has 2 aromatic carbocycles. The van der Waals surface area contributed by atoms with E-state index in [-0.39, 0.29) is 11.2 Å². The van der Waals surface area contributed by atoms with Crippen LogP contribution in [0.5, 0.6) is 0 Å². The molecule has 0 spiro atoms. The number of rotatable bonds is 2. The van der Waals surface area contributed by atoms with Crippen LogP contribution in [-0.4, -0.2) is 25.7 Å². The summed E-state index contributed by atoms with van der Waals surface area (Å²) in [5, 5.41) is 15.5. The van der Waals surface area contributed by atoms with Gasteiger partial charge in [0.05, 0.1) is 6.20 Å². The molecule has 6 heteroatoms. The summed E-state index contributed by atoms with van der Waals surface area (Å²) >= 11 is 0. The molecule has 0 unspecified atom stereocenters. The van der Waals surface area contributed by atoms with Gasteiger partial charge in [-0.1, -0.05) is 36.4 Å². The predicted octanol–water partition coefficient (Wildman–Crippen LogP) is 3.14. The van der Waals surface area contributed by atoms with Gasteiger partial charge in [-0.05, 0) is 28.8 Å². The quantitative estimate of drug-likeness (QED) is 0.592. The maximum absolute atomic E-state index is 11.2. The van der Waals surface area contributed by atoms with Crippen molar-refractivity contribution >= 4 is 28.2 Å². The third-order valence-electron chi connectivity index (χ3n) is 4.20. The number of anilines is 1. The van der Waals surface area contributed by atoms with Crippen LogP contribution in [0.15, 0.2) is 48.8 Å². The Morgan fingerprint density at radius 1 is 1.17 bits per heavy atom. The number of nitrogen functional groups attached to an aromatic ring is 1. The molecule has 3 N–H and O–H groups in total. The van der Waals surface area contributed by atoms with Crippen molar-refractivity contribution in [3.8, 4) is 11.1 Å². The van der Waals surface area contributed by atoms with Gasteiger partial charge in [0.15, 0.2) is 5.65 Å². The summed E-state index contributed by atoms with van der Waals surface area (Å²) in [7, 11) is 0. The van der Waals surface area contributed by atoms with E-state index in [0.717, 1.165) is 27.5 Å². The van der Waals surface area contributed by atoms with Gasteiger partial charge in [-0.2, -0.15) is 9.61 Å². The van der Waals surface area contributed by atoms with Crippen molar-refractivity contribution in [3.63, 3.8) is 0 Å². The molecule has 4 aromatic rings. The first-order chi connectivity index (χ1) is 11.6. The Kier molecular flexibility index (Phi) is 2.99. The fourth-order valence-electron chi connectivity index (χ4n) is 3.03. The normalized spacial score (nSPS) is 11.2. The molecule has 0 amide bonds. The summed E-state index contributed by atoms with van der Waals surface area (Å²) in [5.41, 5.74) is 9.33. The summed E-state index contributed by atoms with van der Waals surface area (Å²) in [4.78, 5) is 15.5. The van der Waals surface area contributed by atoms with Crippen molar-refractivity contribution in [1.29, 1.82) is 0 Å². The second kappa shape index (κ2) is 5.06. The molecule has 0 atom stereocenters. The first-order valence-corrected chi connectivity index (χ1v) is 7.42. The van der Waals surface area contributed by atoms with Crippen LogP contribution in [-0.2, 0) is 0 Å². The molecule has 0 aliphatic heterocycles. The number of hydrogen-bond acceptors (Lipinski definition) is 4. The molecule has 2 heterocycles. The number of hydrogen-bond donors (Lipinski definition) is 2. The molecule has 118 valence electrons. The highest BCUT2D eigenvalue weighted by Crippen LogP contribution is 2.35. The van der Waals surface area contributed by atoms with E-state index in [4.69, 9.17) is 5.73 Å². The lowest BCUT2D eigenvalue weighted by Crippen LogP contribution is -2.05. The van der Waals surface area contributed by atoms with Gasteiger partial charge in [0.25, 0.3) is 0 Å². The molecule has 2 aromatic heterocycles. The largest absolute Gasteiger partial charge is 0.477 e. The number of nitrogens with two attached hydrogens (primary N) is 1. The minimum atomic E-state index is -1.08. The molecule has 0 aliphatic rings. The number of carbonyl (C=O) groups is 1. The van der Waals surface area contributed by atoms with E-state index in [9.17, 15) is 9.90 Å². The van der Waals surface area contributed by atoms with Crippen LogP contribution in [0, 0.1) is 6.92 Å². The van der Waals surface area contributed by atoms with E-state index < -0.39 is 5.97 Å². The van der Waals surface area contributed by atoms with Gasteiger partial charge in [0.2, 0.25) is 0 Å². The molecule has 0 bridgehead atoms. The molecule has 0 radical (unpaired) electrons. The lowest BCUT2D eigenvalue weighted by molar-refractivity contribution is 0.0699. The van der Waals surface area contributed by atoms with Crippen LogP contribution in [0.4, 0.5) is 5.82 Å². The van der Waals surface area contributed by atoms with Gasteiger partial charge in [-0.25, -0.2) is 9.78 Å². The van der Waals surface area contributed by atoms with E-state index in [1.807, 2.05) is 37.3 Å². The van der Waals surface area contributed by atoms with Crippen LogP contribution >= 0.6 is 0 Å². The zero-order chi connectivity index (χ0) is 16.8. The van der Waals surface area contributed by atoms with Crippen molar-refractivity contribution in [2.75, 3.05) is 5.73 Å². The molecule has 4 rings (SSSR count). The van der Waals surface area contributed by atoms with E-state index in [2.05, 4.69) is 16.1 Å². The number of aryl methyl sites for hydroxylation is 1. The van der Waals surface area contributed by atoms with Gasteiger partial charge < -0.3 is 10.8 Å². The molecule has 0 fully saturated rings. The van der Waals surface area contributed by atoms with E-state index in [1.165, 1.54) is 10.7 Å². The fourth-order valence-corrected chi connectivity index (χ4v) is 3.03. The van der Waals surface area contributed by atoms with E-state index >= 15 is 0 Å². The van der Waals surface area contributed by atoms with Gasteiger partial charge >= 0.3 is 5.97 Å².